The summed E-state index contributed by atoms with van der Waals surface area (Å²) < 4.78 is -2.08. The van der Waals surface area contributed by atoms with Crippen molar-refractivity contribution in [2.75, 3.05) is 0 Å². The molecule has 0 aliphatic heterocycles. The molecule has 1 unspecified atom stereocenters. The van der Waals surface area contributed by atoms with Crippen molar-refractivity contribution in [1.82, 2.24) is 0 Å². The Morgan fingerprint density at radius 2 is 1.64 bits per heavy atom. The third-order valence-corrected chi connectivity index (χ3v) is 2.64. The number of hydrogen-bond acceptors (Lipinski definition) is 2. The van der Waals surface area contributed by atoms with Crippen LogP contribution in [0.2, 0.25) is 0 Å². The van der Waals surface area contributed by atoms with Crippen LogP contribution in [0.5, 0.6) is 0 Å². The molecule has 80 valence electrons. The maximum atomic E-state index is 10.5. The Balaban J connectivity index is 5.05. The van der Waals surface area contributed by atoms with Crippen molar-refractivity contribution in [3.63, 3.8) is 0 Å². The summed E-state index contributed by atoms with van der Waals surface area (Å²) in [5, 5.41) is 15.3. The third kappa shape index (κ3) is 4.37. The highest BCUT2D eigenvalue weighted by Crippen LogP contribution is 2.37. The molecule has 0 aromatic heterocycles. The van der Waals surface area contributed by atoms with E-state index in [-0.39, 0.29) is 0 Å². The maximum Gasteiger partial charge on any atom is 0.333 e. The van der Waals surface area contributed by atoms with Gasteiger partial charge in [0, 0.05) is 6.08 Å². The maximum absolute atomic E-state index is 10.5. The van der Waals surface area contributed by atoms with Crippen LogP contribution in [-0.4, -0.2) is 31.3 Å². The van der Waals surface area contributed by atoms with Gasteiger partial charge < -0.3 is 10.2 Å². The van der Waals surface area contributed by atoms with E-state index in [1.807, 2.05) is 0 Å². The summed E-state index contributed by atoms with van der Waals surface area (Å²) in [6.07, 6.45) is 0.377. The van der Waals surface area contributed by atoms with Crippen LogP contribution in [0.1, 0.15) is 0 Å². The lowest BCUT2D eigenvalue weighted by molar-refractivity contribution is -0.135. The van der Waals surface area contributed by atoms with Gasteiger partial charge in [0.25, 0.3) is 0 Å². The van der Waals surface area contributed by atoms with Crippen LogP contribution in [0.4, 0.5) is 0 Å². The average molecular weight is 282 g/mol. The van der Waals surface area contributed by atoms with Crippen LogP contribution >= 0.6 is 46.4 Å². The van der Waals surface area contributed by atoms with E-state index in [9.17, 15) is 9.59 Å². The summed E-state index contributed by atoms with van der Waals surface area (Å²) in [7, 11) is 0. The minimum Gasteiger partial charge on any atom is -0.478 e. The Hall–Kier alpha value is -0.160. The zero-order valence-electron chi connectivity index (χ0n) is 6.38. The molecule has 8 heteroatoms. The molecule has 0 fully saturated rings. The Morgan fingerprint density at radius 3 is 1.86 bits per heavy atom. The van der Waals surface area contributed by atoms with Crippen molar-refractivity contribution in [3.8, 4) is 0 Å². The van der Waals surface area contributed by atoms with E-state index in [0.717, 1.165) is 0 Å². The molecule has 0 saturated carbocycles. The van der Waals surface area contributed by atoms with Gasteiger partial charge >= 0.3 is 11.9 Å². The summed E-state index contributed by atoms with van der Waals surface area (Å²) in [6.45, 7) is 0. The van der Waals surface area contributed by atoms with Gasteiger partial charge in [-0.3, -0.25) is 0 Å². The molecule has 0 heterocycles. The molecule has 0 aromatic rings. The number of hydrogen-bond donors (Lipinski definition) is 2. The van der Waals surface area contributed by atoms with Gasteiger partial charge in [-0.25, -0.2) is 9.59 Å². The predicted molar refractivity (Wildman–Crippen MR) is 53.3 cm³/mol. The molecule has 0 amide bonds. The van der Waals surface area contributed by atoms with Crippen LogP contribution in [0, 0.1) is 0 Å². The first-order valence-electron chi connectivity index (χ1n) is 3.05. The van der Waals surface area contributed by atoms with Crippen LogP contribution in [0.15, 0.2) is 11.6 Å². The lowest BCUT2D eigenvalue weighted by Crippen LogP contribution is -2.26. The highest BCUT2D eigenvalue weighted by Gasteiger charge is 2.37. The third-order valence-electron chi connectivity index (χ3n) is 1.09. The number of halogens is 4. The van der Waals surface area contributed by atoms with Gasteiger partial charge in [-0.05, 0) is 0 Å². The summed E-state index contributed by atoms with van der Waals surface area (Å²) in [6, 6.07) is 0. The summed E-state index contributed by atoms with van der Waals surface area (Å²) >= 11 is 21.4. The monoisotopic (exact) mass is 280 g/mol. The molecule has 2 N–H and O–H groups in total. The van der Waals surface area contributed by atoms with Crippen molar-refractivity contribution in [2.24, 2.45) is 0 Å². The molecule has 0 aliphatic rings. The minimum absolute atomic E-state index is 0.377. The zero-order chi connectivity index (χ0) is 11.5. The highest BCUT2D eigenvalue weighted by atomic mass is 35.6. The van der Waals surface area contributed by atoms with E-state index in [1.165, 1.54) is 0 Å². The Labute approximate surface area is 99.0 Å². The van der Waals surface area contributed by atoms with Crippen LogP contribution < -0.4 is 0 Å². The zero-order valence-corrected chi connectivity index (χ0v) is 9.40. The Morgan fingerprint density at radius 1 is 1.21 bits per heavy atom. The Kier molecular flexibility index (Phi) is 5.01. The SMILES string of the molecule is O=C(O)C=C(C(=O)O)C(Cl)C(Cl)(Cl)Cl. The largest absolute Gasteiger partial charge is 0.478 e. The van der Waals surface area contributed by atoms with Gasteiger partial charge in [-0.2, -0.15) is 0 Å². The second-order valence-electron chi connectivity index (χ2n) is 2.15. The van der Waals surface area contributed by atoms with Gasteiger partial charge in [-0.15, -0.1) is 11.6 Å². The number of carboxylic acids is 2. The smallest absolute Gasteiger partial charge is 0.333 e. The van der Waals surface area contributed by atoms with E-state index in [1.54, 1.807) is 0 Å². The molecule has 4 nitrogen and oxygen atoms in total. The van der Waals surface area contributed by atoms with Crippen molar-refractivity contribution >= 4 is 58.3 Å². The van der Waals surface area contributed by atoms with Gasteiger partial charge in [0.15, 0.2) is 0 Å². The standard InChI is InChI=1S/C6H4Cl4O4/c7-4(6(8,9)10)2(5(13)14)1-3(11)12/h1,4H,(H,11,12)(H,13,14). The molecule has 0 aromatic carbocycles. The number of rotatable bonds is 3. The van der Waals surface area contributed by atoms with Gasteiger partial charge in [0.2, 0.25) is 3.79 Å². The molecular weight excluding hydrogens is 278 g/mol. The van der Waals surface area contributed by atoms with Gasteiger partial charge in [0.1, 0.15) is 5.38 Å². The van der Waals surface area contributed by atoms with Crippen molar-refractivity contribution in [3.05, 3.63) is 11.6 Å². The van der Waals surface area contributed by atoms with Crippen molar-refractivity contribution in [2.45, 2.75) is 9.17 Å². The van der Waals surface area contributed by atoms with E-state index in [4.69, 9.17) is 56.6 Å². The molecule has 0 aliphatic carbocycles. The minimum atomic E-state index is -2.08. The topological polar surface area (TPSA) is 74.6 Å². The van der Waals surface area contributed by atoms with Gasteiger partial charge in [0.05, 0.1) is 5.57 Å². The fourth-order valence-corrected chi connectivity index (χ4v) is 1.06. The first-order valence-corrected chi connectivity index (χ1v) is 4.62. The molecule has 1 atom stereocenters. The number of aliphatic carboxylic acids is 2. The first kappa shape index (κ1) is 13.8. The summed E-state index contributed by atoms with van der Waals surface area (Å²) in [5.74, 6) is -3.04. The van der Waals surface area contributed by atoms with Crippen molar-refractivity contribution < 1.29 is 19.8 Å². The molecule has 0 rings (SSSR count). The van der Waals surface area contributed by atoms with E-state index >= 15 is 0 Å². The van der Waals surface area contributed by atoms with E-state index < -0.39 is 26.7 Å². The molecular formula is C6H4Cl4O4. The predicted octanol–water partition coefficient (Wildman–Crippen LogP) is 2.06. The van der Waals surface area contributed by atoms with Crippen LogP contribution in [0.25, 0.3) is 0 Å². The summed E-state index contributed by atoms with van der Waals surface area (Å²) in [5.41, 5.74) is -0.695. The fraction of sp³-hybridized carbons (Fsp3) is 0.333. The van der Waals surface area contributed by atoms with E-state index in [2.05, 4.69) is 0 Å². The first-order chi connectivity index (χ1) is 6.16. The number of alkyl halides is 4. The van der Waals surface area contributed by atoms with E-state index in [0.29, 0.717) is 6.08 Å². The quantitative estimate of drug-likeness (QED) is 0.613. The molecule has 14 heavy (non-hydrogen) atoms. The molecule has 0 saturated heterocycles. The van der Waals surface area contributed by atoms with Crippen LogP contribution in [-0.2, 0) is 9.59 Å². The highest BCUT2D eigenvalue weighted by molar-refractivity contribution is 6.70. The Bertz CT molecular complexity index is 280. The lowest BCUT2D eigenvalue weighted by atomic mass is 10.2. The average Bonchev–Trinajstić information content (AvgIpc) is 1.96. The normalized spacial score (nSPS) is 15.0. The molecule has 0 spiro atoms. The van der Waals surface area contributed by atoms with Crippen molar-refractivity contribution in [1.29, 1.82) is 0 Å². The molecule has 0 bridgehead atoms. The number of carbonyl (C=O) groups is 2. The molecule has 0 radical (unpaired) electrons. The lowest BCUT2D eigenvalue weighted by Gasteiger charge is -2.17. The summed E-state index contributed by atoms with van der Waals surface area (Å²) in [4.78, 5) is 20.7. The second-order valence-corrected chi connectivity index (χ2v) is 4.95. The number of carboxylic acid groups (broad SMARTS) is 2. The van der Waals surface area contributed by atoms with Crippen LogP contribution in [0.3, 0.4) is 0 Å². The van der Waals surface area contributed by atoms with Gasteiger partial charge in [-0.1, -0.05) is 34.8 Å². The fourth-order valence-electron chi connectivity index (χ4n) is 0.553. The second kappa shape index (κ2) is 5.07.